The normalized spacial score (nSPS) is 14.2. The summed E-state index contributed by atoms with van der Waals surface area (Å²) < 4.78 is 6.51. The Morgan fingerprint density at radius 1 is 1.08 bits per heavy atom. The van der Waals surface area contributed by atoms with Gasteiger partial charge in [0.1, 0.15) is 0 Å². The Balaban J connectivity index is 1.53. The van der Waals surface area contributed by atoms with Crippen LogP contribution in [0.4, 0.5) is 11.4 Å². The van der Waals surface area contributed by atoms with Crippen LogP contribution < -0.4 is 16.0 Å². The Labute approximate surface area is 144 Å². The number of aryl methyl sites for hydroxylation is 1. The van der Waals surface area contributed by atoms with Gasteiger partial charge < -0.3 is 14.6 Å². The number of nitrogens with one attached hydrogen (secondary N) is 1. The smallest absolute Gasteiger partial charge is 0.408 e. The Kier molecular flexibility index (Phi) is 3.80. The molecule has 128 valence electrons. The van der Waals surface area contributed by atoms with Crippen molar-refractivity contribution >= 4 is 28.4 Å². The lowest BCUT2D eigenvalue weighted by molar-refractivity contribution is 0.102. The third-order valence-electron chi connectivity index (χ3n) is 4.65. The molecule has 0 saturated carbocycles. The number of hydrogen-bond donors (Lipinski definition) is 1. The van der Waals surface area contributed by atoms with Crippen LogP contribution in [0.25, 0.3) is 11.1 Å². The maximum absolute atomic E-state index is 12.5. The minimum atomic E-state index is -0.420. The van der Waals surface area contributed by atoms with E-state index < -0.39 is 5.76 Å². The van der Waals surface area contributed by atoms with E-state index in [4.69, 9.17) is 4.42 Å². The molecule has 0 radical (unpaired) electrons. The first-order chi connectivity index (χ1) is 12.1. The summed E-state index contributed by atoms with van der Waals surface area (Å²) in [6, 6.07) is 12.8. The molecule has 3 aromatic rings. The van der Waals surface area contributed by atoms with Crippen molar-refractivity contribution in [1.82, 2.24) is 4.57 Å². The summed E-state index contributed by atoms with van der Waals surface area (Å²) in [6.07, 6.45) is 2.45. The van der Waals surface area contributed by atoms with Crippen LogP contribution in [0.2, 0.25) is 0 Å². The van der Waals surface area contributed by atoms with Crippen LogP contribution in [0.15, 0.2) is 51.7 Å². The first-order valence-corrected chi connectivity index (χ1v) is 8.38. The van der Waals surface area contributed by atoms with E-state index in [-0.39, 0.29) is 5.91 Å². The number of oxazole rings is 1. The zero-order valence-electron chi connectivity index (χ0n) is 14.0. The monoisotopic (exact) mass is 337 g/mol. The highest BCUT2D eigenvalue weighted by atomic mass is 16.4. The largest absolute Gasteiger partial charge is 0.419 e. The zero-order valence-corrected chi connectivity index (χ0v) is 14.0. The summed E-state index contributed by atoms with van der Waals surface area (Å²) in [7, 11) is 1.64. The Bertz CT molecular complexity index is 979. The van der Waals surface area contributed by atoms with Gasteiger partial charge in [0.2, 0.25) is 0 Å². The second-order valence-corrected chi connectivity index (χ2v) is 6.30. The van der Waals surface area contributed by atoms with Gasteiger partial charge in [-0.3, -0.25) is 9.36 Å². The van der Waals surface area contributed by atoms with Gasteiger partial charge in [-0.1, -0.05) is 0 Å². The van der Waals surface area contributed by atoms with Gasteiger partial charge in [-0.2, -0.15) is 0 Å². The van der Waals surface area contributed by atoms with Crippen molar-refractivity contribution < 1.29 is 9.21 Å². The van der Waals surface area contributed by atoms with Crippen molar-refractivity contribution in [3.63, 3.8) is 0 Å². The topological polar surface area (TPSA) is 67.5 Å². The quantitative estimate of drug-likeness (QED) is 0.798. The fourth-order valence-electron chi connectivity index (χ4n) is 3.21. The van der Waals surface area contributed by atoms with Crippen molar-refractivity contribution in [2.24, 2.45) is 7.05 Å². The molecule has 0 unspecified atom stereocenters. The third-order valence-corrected chi connectivity index (χ3v) is 4.65. The molecule has 0 atom stereocenters. The van der Waals surface area contributed by atoms with Gasteiger partial charge in [-0.05, 0) is 55.3 Å². The van der Waals surface area contributed by atoms with Gasteiger partial charge >= 0.3 is 5.76 Å². The Morgan fingerprint density at radius 2 is 1.80 bits per heavy atom. The molecule has 2 heterocycles. The predicted octanol–water partition coefficient (Wildman–Crippen LogP) is 2.98. The summed E-state index contributed by atoms with van der Waals surface area (Å²) in [6.45, 7) is 2.16. The molecule has 1 aliphatic rings. The van der Waals surface area contributed by atoms with E-state index in [0.29, 0.717) is 22.4 Å². The van der Waals surface area contributed by atoms with Crippen LogP contribution in [0, 0.1) is 0 Å². The average Bonchev–Trinajstić information content (AvgIpc) is 3.25. The van der Waals surface area contributed by atoms with Gasteiger partial charge in [0.05, 0.1) is 5.52 Å². The summed E-state index contributed by atoms with van der Waals surface area (Å²) in [5, 5.41) is 2.87. The van der Waals surface area contributed by atoms with E-state index in [2.05, 4.69) is 10.2 Å². The summed E-state index contributed by atoms with van der Waals surface area (Å²) in [4.78, 5) is 26.3. The summed E-state index contributed by atoms with van der Waals surface area (Å²) in [5.41, 5.74) is 3.53. The number of carbonyl (C=O) groups is 1. The van der Waals surface area contributed by atoms with E-state index in [9.17, 15) is 9.59 Å². The van der Waals surface area contributed by atoms with Crippen LogP contribution in [0.1, 0.15) is 23.2 Å². The maximum Gasteiger partial charge on any atom is 0.419 e. The predicted molar refractivity (Wildman–Crippen MR) is 97.3 cm³/mol. The van der Waals surface area contributed by atoms with Crippen LogP contribution in [0.5, 0.6) is 0 Å². The molecule has 0 spiro atoms. The first-order valence-electron chi connectivity index (χ1n) is 8.38. The van der Waals surface area contributed by atoms with Crippen molar-refractivity contribution in [2.75, 3.05) is 23.3 Å². The zero-order chi connectivity index (χ0) is 17.4. The van der Waals surface area contributed by atoms with Crippen molar-refractivity contribution in [3.8, 4) is 0 Å². The SMILES string of the molecule is Cn1c(=O)oc2ccc(NC(=O)c3ccc(N4CCCC4)cc3)cc21. The number of carbonyl (C=O) groups excluding carboxylic acids is 1. The number of hydrogen-bond acceptors (Lipinski definition) is 4. The molecule has 1 aromatic heterocycles. The molecule has 25 heavy (non-hydrogen) atoms. The minimum absolute atomic E-state index is 0.180. The molecule has 1 fully saturated rings. The lowest BCUT2D eigenvalue weighted by Gasteiger charge is -2.17. The van der Waals surface area contributed by atoms with Crippen LogP contribution in [-0.4, -0.2) is 23.6 Å². The lowest BCUT2D eigenvalue weighted by Crippen LogP contribution is -2.18. The van der Waals surface area contributed by atoms with Crippen LogP contribution in [0.3, 0.4) is 0 Å². The van der Waals surface area contributed by atoms with E-state index in [1.165, 1.54) is 17.4 Å². The molecule has 1 amide bonds. The number of amides is 1. The fraction of sp³-hybridized carbons (Fsp3) is 0.263. The molecule has 0 bridgehead atoms. The highest BCUT2D eigenvalue weighted by molar-refractivity contribution is 6.05. The molecule has 4 rings (SSSR count). The molecule has 6 heteroatoms. The van der Waals surface area contributed by atoms with Crippen LogP contribution in [-0.2, 0) is 7.05 Å². The Morgan fingerprint density at radius 3 is 2.52 bits per heavy atom. The first kappa shape index (κ1) is 15.5. The number of fused-ring (bicyclic) bond motifs is 1. The molecule has 6 nitrogen and oxygen atoms in total. The standard InChI is InChI=1S/C19H19N3O3/c1-21-16-12-14(6-9-17(16)25-19(21)24)20-18(23)13-4-7-15(8-5-13)22-10-2-3-11-22/h4-9,12H,2-3,10-11H2,1H3,(H,20,23). The molecule has 1 saturated heterocycles. The highest BCUT2D eigenvalue weighted by Gasteiger charge is 2.14. The van der Waals surface area contributed by atoms with Crippen molar-refractivity contribution in [3.05, 3.63) is 58.6 Å². The minimum Gasteiger partial charge on any atom is -0.408 e. The second kappa shape index (κ2) is 6.12. The molecule has 1 N–H and O–H groups in total. The molecular formula is C19H19N3O3. The molecule has 2 aromatic carbocycles. The molecule has 0 aliphatic carbocycles. The summed E-state index contributed by atoms with van der Waals surface area (Å²) in [5.74, 6) is -0.600. The number of aromatic nitrogens is 1. The van der Waals surface area contributed by atoms with Crippen LogP contribution >= 0.6 is 0 Å². The van der Waals surface area contributed by atoms with Gasteiger partial charge in [0.25, 0.3) is 5.91 Å². The summed E-state index contributed by atoms with van der Waals surface area (Å²) >= 11 is 0. The highest BCUT2D eigenvalue weighted by Crippen LogP contribution is 2.22. The number of nitrogens with zero attached hydrogens (tertiary/aromatic N) is 2. The number of rotatable bonds is 3. The number of benzene rings is 2. The van der Waals surface area contributed by atoms with E-state index >= 15 is 0 Å². The van der Waals surface area contributed by atoms with E-state index in [0.717, 1.165) is 18.8 Å². The second-order valence-electron chi connectivity index (χ2n) is 6.30. The third kappa shape index (κ3) is 2.91. The number of anilines is 2. The molecular weight excluding hydrogens is 318 g/mol. The van der Waals surface area contributed by atoms with Crippen molar-refractivity contribution in [2.45, 2.75) is 12.8 Å². The average molecular weight is 337 g/mol. The van der Waals surface area contributed by atoms with E-state index in [1.807, 2.05) is 24.3 Å². The molecule has 1 aliphatic heterocycles. The Hall–Kier alpha value is -3.02. The van der Waals surface area contributed by atoms with Gasteiger partial charge in [0.15, 0.2) is 5.58 Å². The maximum atomic E-state index is 12.5. The van der Waals surface area contributed by atoms with E-state index in [1.54, 1.807) is 25.2 Å². The fourth-order valence-corrected chi connectivity index (χ4v) is 3.21. The van der Waals surface area contributed by atoms with Crippen molar-refractivity contribution in [1.29, 1.82) is 0 Å². The van der Waals surface area contributed by atoms with Gasteiger partial charge in [-0.25, -0.2) is 4.79 Å². The lowest BCUT2D eigenvalue weighted by atomic mass is 10.1. The van der Waals surface area contributed by atoms with Gasteiger partial charge in [0, 0.05) is 37.1 Å². The van der Waals surface area contributed by atoms with Gasteiger partial charge in [-0.15, -0.1) is 0 Å².